The van der Waals surface area contributed by atoms with E-state index in [0.29, 0.717) is 5.13 Å². The number of hydrogen-bond donors (Lipinski definition) is 1. The number of rotatable bonds is 7. The Kier molecular flexibility index (Phi) is 5.78. The number of nitrogens with one attached hydrogen (secondary N) is 1. The SMILES string of the molecule is CCCCc1nnc(NC(=O)Cc2c(C)nn(-c3ccccc3)c2C)s1. The molecule has 0 aliphatic carbocycles. The Labute approximate surface area is 157 Å². The fourth-order valence-electron chi connectivity index (χ4n) is 2.81. The zero-order valence-electron chi connectivity index (χ0n) is 15.3. The van der Waals surface area contributed by atoms with Crippen LogP contribution in [0.25, 0.3) is 5.69 Å². The number of para-hydroxylation sites is 1. The fraction of sp³-hybridized carbons (Fsp3) is 0.368. The first-order valence-electron chi connectivity index (χ1n) is 8.81. The summed E-state index contributed by atoms with van der Waals surface area (Å²) in [4.78, 5) is 12.4. The molecule has 0 unspecified atom stereocenters. The summed E-state index contributed by atoms with van der Waals surface area (Å²) in [5, 5.41) is 17.2. The molecule has 1 amide bonds. The number of unbranched alkanes of at least 4 members (excludes halogenated alkanes) is 1. The number of anilines is 1. The van der Waals surface area contributed by atoms with Gasteiger partial charge in [0.15, 0.2) is 0 Å². The number of nitrogens with zero attached hydrogens (tertiary/aromatic N) is 4. The quantitative estimate of drug-likeness (QED) is 0.686. The summed E-state index contributed by atoms with van der Waals surface area (Å²) in [5.41, 5.74) is 3.78. The number of aromatic nitrogens is 4. The van der Waals surface area contributed by atoms with Gasteiger partial charge in [-0.3, -0.25) is 4.79 Å². The van der Waals surface area contributed by atoms with Crippen LogP contribution < -0.4 is 5.32 Å². The summed E-state index contributed by atoms with van der Waals surface area (Å²) in [6.45, 7) is 6.07. The molecule has 7 heteroatoms. The van der Waals surface area contributed by atoms with Gasteiger partial charge in [0.1, 0.15) is 5.01 Å². The van der Waals surface area contributed by atoms with Gasteiger partial charge in [-0.05, 0) is 32.4 Å². The van der Waals surface area contributed by atoms with Crippen molar-refractivity contribution in [1.29, 1.82) is 0 Å². The zero-order chi connectivity index (χ0) is 18.5. The summed E-state index contributed by atoms with van der Waals surface area (Å²) in [6, 6.07) is 9.93. The summed E-state index contributed by atoms with van der Waals surface area (Å²) >= 11 is 1.45. The predicted molar refractivity (Wildman–Crippen MR) is 104 cm³/mol. The van der Waals surface area contributed by atoms with Crippen molar-refractivity contribution in [1.82, 2.24) is 20.0 Å². The average Bonchev–Trinajstić information content (AvgIpc) is 3.20. The molecule has 0 radical (unpaired) electrons. The van der Waals surface area contributed by atoms with E-state index in [1.807, 2.05) is 48.9 Å². The number of amides is 1. The maximum Gasteiger partial charge on any atom is 0.230 e. The number of hydrogen-bond acceptors (Lipinski definition) is 5. The van der Waals surface area contributed by atoms with E-state index in [9.17, 15) is 4.79 Å². The van der Waals surface area contributed by atoms with Crippen LogP contribution in [0.4, 0.5) is 5.13 Å². The fourth-order valence-corrected chi connectivity index (χ4v) is 3.61. The molecule has 2 heterocycles. The molecule has 1 aromatic carbocycles. The van der Waals surface area contributed by atoms with E-state index >= 15 is 0 Å². The summed E-state index contributed by atoms with van der Waals surface area (Å²) in [7, 11) is 0. The summed E-state index contributed by atoms with van der Waals surface area (Å²) < 4.78 is 1.88. The predicted octanol–water partition coefficient (Wildman–Crippen LogP) is 3.86. The van der Waals surface area contributed by atoms with Crippen LogP contribution in [-0.2, 0) is 17.6 Å². The van der Waals surface area contributed by atoms with Crippen LogP contribution in [0.1, 0.15) is 41.7 Å². The minimum Gasteiger partial charge on any atom is -0.300 e. The highest BCUT2D eigenvalue weighted by Gasteiger charge is 2.17. The molecule has 0 saturated carbocycles. The van der Waals surface area contributed by atoms with E-state index in [0.717, 1.165) is 46.9 Å². The van der Waals surface area contributed by atoms with Crippen molar-refractivity contribution in [3.05, 3.63) is 52.3 Å². The van der Waals surface area contributed by atoms with E-state index in [4.69, 9.17) is 0 Å². The average molecular weight is 369 g/mol. The zero-order valence-corrected chi connectivity index (χ0v) is 16.1. The maximum atomic E-state index is 12.4. The molecular formula is C19H23N5OS. The normalized spacial score (nSPS) is 10.9. The molecule has 6 nitrogen and oxygen atoms in total. The Balaban J connectivity index is 1.70. The third-order valence-electron chi connectivity index (χ3n) is 4.24. The second kappa shape index (κ2) is 8.23. The molecule has 1 N–H and O–H groups in total. The van der Waals surface area contributed by atoms with Gasteiger partial charge < -0.3 is 5.32 Å². The molecule has 3 aromatic rings. The lowest BCUT2D eigenvalue weighted by molar-refractivity contribution is -0.115. The second-order valence-electron chi connectivity index (χ2n) is 6.23. The smallest absolute Gasteiger partial charge is 0.230 e. The van der Waals surface area contributed by atoms with Gasteiger partial charge in [0.25, 0.3) is 0 Å². The van der Waals surface area contributed by atoms with E-state index in [1.165, 1.54) is 11.3 Å². The highest BCUT2D eigenvalue weighted by molar-refractivity contribution is 7.15. The van der Waals surface area contributed by atoms with Gasteiger partial charge in [-0.1, -0.05) is 42.9 Å². The van der Waals surface area contributed by atoms with Crippen molar-refractivity contribution in [2.75, 3.05) is 5.32 Å². The number of aryl methyl sites for hydroxylation is 2. The molecule has 0 aliphatic rings. The highest BCUT2D eigenvalue weighted by Crippen LogP contribution is 2.20. The van der Waals surface area contributed by atoms with Crippen LogP contribution in [0.2, 0.25) is 0 Å². The minimum absolute atomic E-state index is 0.0954. The molecule has 26 heavy (non-hydrogen) atoms. The minimum atomic E-state index is -0.0954. The van der Waals surface area contributed by atoms with Gasteiger partial charge in [-0.2, -0.15) is 5.10 Å². The van der Waals surface area contributed by atoms with Gasteiger partial charge in [0, 0.05) is 17.7 Å². The molecule has 136 valence electrons. The molecule has 0 bridgehead atoms. The van der Waals surface area contributed by atoms with Crippen LogP contribution in [0, 0.1) is 13.8 Å². The lowest BCUT2D eigenvalue weighted by Gasteiger charge is -2.05. The van der Waals surface area contributed by atoms with Crippen LogP contribution in [0.3, 0.4) is 0 Å². The second-order valence-corrected chi connectivity index (χ2v) is 7.29. The monoisotopic (exact) mass is 369 g/mol. The van der Waals surface area contributed by atoms with Crippen molar-refractivity contribution >= 4 is 22.4 Å². The summed E-state index contributed by atoms with van der Waals surface area (Å²) in [6.07, 6.45) is 3.38. The maximum absolute atomic E-state index is 12.4. The first kappa shape index (κ1) is 18.3. The third-order valence-corrected chi connectivity index (χ3v) is 5.14. The lowest BCUT2D eigenvalue weighted by atomic mass is 10.1. The Bertz CT molecular complexity index is 885. The standard InChI is InChI=1S/C19H23N5OS/c1-4-5-11-18-21-22-19(26-18)20-17(25)12-16-13(2)23-24(14(16)3)15-9-7-6-8-10-15/h6-10H,4-5,11-12H2,1-3H3,(H,20,22,25). The third kappa shape index (κ3) is 4.16. The Hall–Kier alpha value is -2.54. The molecule has 2 aromatic heterocycles. The van der Waals surface area contributed by atoms with Crippen molar-refractivity contribution in [3.63, 3.8) is 0 Å². The number of benzene rings is 1. The first-order valence-corrected chi connectivity index (χ1v) is 9.63. The van der Waals surface area contributed by atoms with Crippen molar-refractivity contribution in [3.8, 4) is 5.69 Å². The molecular weight excluding hydrogens is 346 g/mol. The Morgan fingerprint density at radius 1 is 1.19 bits per heavy atom. The number of carbonyl (C=O) groups excluding carboxylic acids is 1. The molecule has 0 saturated heterocycles. The first-order chi connectivity index (χ1) is 12.6. The number of carbonyl (C=O) groups is 1. The van der Waals surface area contributed by atoms with E-state index in [-0.39, 0.29) is 12.3 Å². The van der Waals surface area contributed by atoms with Crippen LogP contribution in [-0.4, -0.2) is 25.9 Å². The van der Waals surface area contributed by atoms with Gasteiger partial charge in [0.2, 0.25) is 11.0 Å². The molecule has 0 aliphatic heterocycles. The molecule has 0 spiro atoms. The van der Waals surface area contributed by atoms with E-state index in [2.05, 4.69) is 27.5 Å². The van der Waals surface area contributed by atoms with Crippen molar-refractivity contribution < 1.29 is 4.79 Å². The lowest BCUT2D eigenvalue weighted by Crippen LogP contribution is -2.15. The van der Waals surface area contributed by atoms with Crippen LogP contribution in [0.5, 0.6) is 0 Å². The topological polar surface area (TPSA) is 72.7 Å². The highest BCUT2D eigenvalue weighted by atomic mass is 32.1. The molecule has 3 rings (SSSR count). The summed E-state index contributed by atoms with van der Waals surface area (Å²) in [5.74, 6) is -0.0954. The molecule has 0 fully saturated rings. The van der Waals surface area contributed by atoms with Gasteiger partial charge in [-0.15, -0.1) is 10.2 Å². The van der Waals surface area contributed by atoms with Gasteiger partial charge in [-0.25, -0.2) is 4.68 Å². The van der Waals surface area contributed by atoms with Crippen molar-refractivity contribution in [2.45, 2.75) is 46.5 Å². The van der Waals surface area contributed by atoms with E-state index < -0.39 is 0 Å². The van der Waals surface area contributed by atoms with Gasteiger partial charge >= 0.3 is 0 Å². The van der Waals surface area contributed by atoms with E-state index in [1.54, 1.807) is 0 Å². The Morgan fingerprint density at radius 3 is 2.69 bits per heavy atom. The largest absolute Gasteiger partial charge is 0.300 e. The molecule has 0 atom stereocenters. The van der Waals surface area contributed by atoms with Crippen molar-refractivity contribution in [2.24, 2.45) is 0 Å². The van der Waals surface area contributed by atoms with Gasteiger partial charge in [0.05, 0.1) is 17.8 Å². The van der Waals surface area contributed by atoms with Crippen LogP contribution in [0.15, 0.2) is 30.3 Å². The van der Waals surface area contributed by atoms with Crippen LogP contribution >= 0.6 is 11.3 Å². The Morgan fingerprint density at radius 2 is 1.96 bits per heavy atom.